The minimum absolute atomic E-state index is 0.0121. The lowest BCUT2D eigenvalue weighted by Crippen LogP contribution is -2.35. The third kappa shape index (κ3) is 5.97. The van der Waals surface area contributed by atoms with Gasteiger partial charge in [0.05, 0.1) is 6.04 Å². The van der Waals surface area contributed by atoms with E-state index in [0.29, 0.717) is 12.0 Å². The van der Waals surface area contributed by atoms with Crippen LogP contribution in [-0.2, 0) is 9.59 Å². The maximum atomic E-state index is 12.6. The molecule has 1 atom stereocenters. The van der Waals surface area contributed by atoms with E-state index in [4.69, 9.17) is 0 Å². The van der Waals surface area contributed by atoms with Crippen molar-refractivity contribution in [2.45, 2.75) is 58.1 Å². The molecular formula is C19H26F2N2O3. The Morgan fingerprint density at radius 3 is 2.58 bits per heavy atom. The van der Waals surface area contributed by atoms with Gasteiger partial charge in [0, 0.05) is 24.4 Å². The van der Waals surface area contributed by atoms with Crippen LogP contribution in [0, 0.1) is 5.92 Å². The van der Waals surface area contributed by atoms with E-state index in [9.17, 15) is 18.4 Å². The van der Waals surface area contributed by atoms with E-state index in [0.717, 1.165) is 25.7 Å². The lowest BCUT2D eigenvalue weighted by molar-refractivity contribution is -0.125. The van der Waals surface area contributed by atoms with Gasteiger partial charge in [0.1, 0.15) is 5.75 Å². The zero-order valence-corrected chi connectivity index (χ0v) is 15.0. The number of rotatable bonds is 9. The maximum absolute atomic E-state index is 12.6. The monoisotopic (exact) mass is 368 g/mol. The van der Waals surface area contributed by atoms with E-state index in [2.05, 4.69) is 15.4 Å². The first-order valence-corrected chi connectivity index (χ1v) is 9.12. The first-order valence-electron chi connectivity index (χ1n) is 9.12. The molecule has 1 aliphatic rings. The summed E-state index contributed by atoms with van der Waals surface area (Å²) in [5.41, 5.74) is 0.513. The molecule has 1 aromatic carbocycles. The molecular weight excluding hydrogens is 342 g/mol. The van der Waals surface area contributed by atoms with Gasteiger partial charge in [-0.25, -0.2) is 0 Å². The average molecular weight is 368 g/mol. The van der Waals surface area contributed by atoms with Gasteiger partial charge >= 0.3 is 6.61 Å². The SMILES string of the molecule is CCC(NC(=O)CCNC(=O)C1CCCC1)c1ccccc1OC(F)F. The number of amides is 2. The van der Waals surface area contributed by atoms with Crippen molar-refractivity contribution in [3.8, 4) is 5.75 Å². The second-order valence-corrected chi connectivity index (χ2v) is 6.47. The Balaban J connectivity index is 1.85. The van der Waals surface area contributed by atoms with E-state index < -0.39 is 12.7 Å². The second-order valence-electron chi connectivity index (χ2n) is 6.47. The number of hydrogen-bond donors (Lipinski definition) is 2. The molecule has 1 saturated carbocycles. The molecule has 5 nitrogen and oxygen atoms in total. The fourth-order valence-electron chi connectivity index (χ4n) is 3.27. The van der Waals surface area contributed by atoms with E-state index in [-0.39, 0.29) is 36.4 Å². The van der Waals surface area contributed by atoms with Crippen LogP contribution in [-0.4, -0.2) is 25.0 Å². The molecule has 0 bridgehead atoms. The highest BCUT2D eigenvalue weighted by Crippen LogP contribution is 2.28. The molecule has 1 fully saturated rings. The van der Waals surface area contributed by atoms with Crippen LogP contribution < -0.4 is 15.4 Å². The van der Waals surface area contributed by atoms with Gasteiger partial charge < -0.3 is 15.4 Å². The van der Waals surface area contributed by atoms with Crippen LogP contribution in [0.25, 0.3) is 0 Å². The summed E-state index contributed by atoms with van der Waals surface area (Å²) in [6.07, 6.45) is 4.66. The smallest absolute Gasteiger partial charge is 0.387 e. The van der Waals surface area contributed by atoms with Crippen molar-refractivity contribution in [1.29, 1.82) is 0 Å². The number of para-hydroxylation sites is 1. The van der Waals surface area contributed by atoms with Crippen molar-refractivity contribution in [2.75, 3.05) is 6.54 Å². The molecule has 7 heteroatoms. The molecule has 2 rings (SSSR count). The summed E-state index contributed by atoms with van der Waals surface area (Å²) in [7, 11) is 0. The molecule has 0 radical (unpaired) electrons. The second kappa shape index (κ2) is 10.1. The van der Waals surface area contributed by atoms with Crippen molar-refractivity contribution >= 4 is 11.8 Å². The van der Waals surface area contributed by atoms with E-state index in [1.54, 1.807) is 18.2 Å². The van der Waals surface area contributed by atoms with Gasteiger partial charge in [-0.05, 0) is 25.3 Å². The molecule has 26 heavy (non-hydrogen) atoms. The standard InChI is InChI=1S/C19H26F2N2O3/c1-2-15(14-9-5-6-10-16(14)26-19(20)21)23-17(24)11-12-22-18(25)13-7-3-4-8-13/h5-6,9-10,13,15,19H,2-4,7-8,11-12H2,1H3,(H,22,25)(H,23,24). The molecule has 2 amide bonds. The number of halogens is 2. The van der Waals surface area contributed by atoms with Crippen LogP contribution in [0.2, 0.25) is 0 Å². The molecule has 0 spiro atoms. The van der Waals surface area contributed by atoms with Crippen LogP contribution in [0.3, 0.4) is 0 Å². The van der Waals surface area contributed by atoms with Crippen molar-refractivity contribution < 1.29 is 23.1 Å². The van der Waals surface area contributed by atoms with Crippen LogP contribution >= 0.6 is 0 Å². The third-order valence-electron chi connectivity index (χ3n) is 4.63. The largest absolute Gasteiger partial charge is 0.434 e. The maximum Gasteiger partial charge on any atom is 0.387 e. The summed E-state index contributed by atoms with van der Waals surface area (Å²) in [6, 6.07) is 6.01. The van der Waals surface area contributed by atoms with Crippen LogP contribution in [0.15, 0.2) is 24.3 Å². The Bertz CT molecular complexity index is 604. The summed E-state index contributed by atoms with van der Waals surface area (Å²) in [4.78, 5) is 24.1. The number of hydrogen-bond acceptors (Lipinski definition) is 3. The fraction of sp³-hybridized carbons (Fsp3) is 0.579. The Labute approximate surface area is 152 Å². The average Bonchev–Trinajstić information content (AvgIpc) is 3.14. The molecule has 0 saturated heterocycles. The van der Waals surface area contributed by atoms with Gasteiger partial charge in [-0.3, -0.25) is 9.59 Å². The minimum Gasteiger partial charge on any atom is -0.434 e. The number of alkyl halides is 2. The van der Waals surface area contributed by atoms with Crippen LogP contribution in [0.4, 0.5) is 8.78 Å². The summed E-state index contributed by atoms with van der Waals surface area (Å²) in [5.74, 6) is -0.0996. The minimum atomic E-state index is -2.92. The lowest BCUT2D eigenvalue weighted by Gasteiger charge is -2.20. The van der Waals surface area contributed by atoms with Crippen molar-refractivity contribution in [3.63, 3.8) is 0 Å². The van der Waals surface area contributed by atoms with Gasteiger partial charge in [0.2, 0.25) is 11.8 Å². The number of nitrogens with one attached hydrogen (secondary N) is 2. The van der Waals surface area contributed by atoms with Crippen molar-refractivity contribution in [2.24, 2.45) is 5.92 Å². The summed E-state index contributed by atoms with van der Waals surface area (Å²) < 4.78 is 29.6. The predicted octanol–water partition coefficient (Wildman–Crippen LogP) is 3.55. The third-order valence-corrected chi connectivity index (χ3v) is 4.63. The highest BCUT2D eigenvalue weighted by Gasteiger charge is 2.23. The van der Waals surface area contributed by atoms with Crippen LogP contribution in [0.1, 0.15) is 57.1 Å². The summed E-state index contributed by atoms with van der Waals surface area (Å²) >= 11 is 0. The highest BCUT2D eigenvalue weighted by molar-refractivity contribution is 5.80. The molecule has 2 N–H and O–H groups in total. The van der Waals surface area contributed by atoms with Crippen LogP contribution in [0.5, 0.6) is 5.75 Å². The van der Waals surface area contributed by atoms with Gasteiger partial charge in [0.15, 0.2) is 0 Å². The molecule has 1 aromatic rings. The first-order chi connectivity index (χ1) is 12.5. The highest BCUT2D eigenvalue weighted by atomic mass is 19.3. The Hall–Kier alpha value is -2.18. The van der Waals surface area contributed by atoms with Gasteiger partial charge in [-0.1, -0.05) is 38.0 Å². The zero-order chi connectivity index (χ0) is 18.9. The molecule has 144 valence electrons. The van der Waals surface area contributed by atoms with Crippen molar-refractivity contribution in [3.05, 3.63) is 29.8 Å². The van der Waals surface area contributed by atoms with Gasteiger partial charge in [0.25, 0.3) is 0 Å². The number of carbonyl (C=O) groups is 2. The summed E-state index contributed by atoms with van der Waals surface area (Å²) in [6.45, 7) is -0.797. The van der Waals surface area contributed by atoms with E-state index in [1.807, 2.05) is 6.92 Å². The van der Waals surface area contributed by atoms with Crippen molar-refractivity contribution in [1.82, 2.24) is 10.6 Å². The summed E-state index contributed by atoms with van der Waals surface area (Å²) in [5, 5.41) is 5.63. The Morgan fingerprint density at radius 2 is 1.92 bits per heavy atom. The normalized spacial score (nSPS) is 15.7. The van der Waals surface area contributed by atoms with E-state index >= 15 is 0 Å². The Kier molecular flexibility index (Phi) is 7.81. The van der Waals surface area contributed by atoms with E-state index in [1.165, 1.54) is 6.07 Å². The predicted molar refractivity (Wildman–Crippen MR) is 93.8 cm³/mol. The Morgan fingerprint density at radius 1 is 1.23 bits per heavy atom. The van der Waals surface area contributed by atoms with Gasteiger partial charge in [-0.15, -0.1) is 0 Å². The molecule has 0 aliphatic heterocycles. The number of ether oxygens (including phenoxy) is 1. The first kappa shape index (κ1) is 20.1. The molecule has 1 aliphatic carbocycles. The molecule has 0 aromatic heterocycles. The number of carbonyl (C=O) groups excluding carboxylic acids is 2. The topological polar surface area (TPSA) is 67.4 Å². The zero-order valence-electron chi connectivity index (χ0n) is 15.0. The molecule has 0 heterocycles. The quantitative estimate of drug-likeness (QED) is 0.700. The fourth-order valence-corrected chi connectivity index (χ4v) is 3.27. The molecule has 1 unspecified atom stereocenters. The lowest BCUT2D eigenvalue weighted by atomic mass is 10.0. The number of benzene rings is 1. The van der Waals surface area contributed by atoms with Gasteiger partial charge in [-0.2, -0.15) is 8.78 Å².